The van der Waals surface area contributed by atoms with E-state index in [9.17, 15) is 22.8 Å². The summed E-state index contributed by atoms with van der Waals surface area (Å²) in [6.45, 7) is 0.221. The van der Waals surface area contributed by atoms with E-state index in [-0.39, 0.29) is 17.8 Å². The second-order valence-corrected chi connectivity index (χ2v) is 9.67. The molecule has 2 aromatic carbocycles. The Kier molecular flexibility index (Phi) is 6.47. The first-order chi connectivity index (χ1) is 14.5. The standard InChI is InChI=1S/C21H20ClN3O5S/c1-25-19-14(4-3-5-17(19)24-18(26)12-31(2,29)30)10-16(21(25)28)20(27)23-11-13-6-8-15(22)9-7-13/h3-10H,11-12H2,1-2H3,(H,23,27)(H,24,26). The number of nitrogens with zero attached hydrogens (tertiary/aromatic N) is 1. The van der Waals surface area contributed by atoms with Crippen molar-refractivity contribution in [2.75, 3.05) is 17.3 Å². The first-order valence-electron chi connectivity index (χ1n) is 9.18. The summed E-state index contributed by atoms with van der Waals surface area (Å²) in [7, 11) is -2.03. The van der Waals surface area contributed by atoms with Crippen LogP contribution in [0, 0.1) is 0 Å². The van der Waals surface area contributed by atoms with Crippen molar-refractivity contribution in [1.82, 2.24) is 9.88 Å². The predicted octanol–water partition coefficient (Wildman–Crippen LogP) is 2.10. The summed E-state index contributed by atoms with van der Waals surface area (Å²) >= 11 is 5.85. The van der Waals surface area contributed by atoms with Crippen LogP contribution < -0.4 is 16.2 Å². The second kappa shape index (κ2) is 8.91. The molecule has 0 saturated heterocycles. The zero-order valence-corrected chi connectivity index (χ0v) is 18.4. The number of rotatable bonds is 6. The van der Waals surface area contributed by atoms with Gasteiger partial charge in [-0.05, 0) is 29.8 Å². The van der Waals surface area contributed by atoms with E-state index < -0.39 is 33.0 Å². The highest BCUT2D eigenvalue weighted by atomic mass is 35.5. The molecule has 10 heteroatoms. The molecule has 0 fully saturated rings. The van der Waals surface area contributed by atoms with Crippen molar-refractivity contribution in [2.45, 2.75) is 6.54 Å². The highest BCUT2D eigenvalue weighted by molar-refractivity contribution is 7.91. The van der Waals surface area contributed by atoms with Crippen LogP contribution in [0.2, 0.25) is 5.02 Å². The molecular weight excluding hydrogens is 442 g/mol. The van der Waals surface area contributed by atoms with Gasteiger partial charge in [-0.15, -0.1) is 0 Å². The van der Waals surface area contributed by atoms with Gasteiger partial charge in [0, 0.05) is 30.3 Å². The molecule has 3 rings (SSSR count). The Labute approximate surface area is 183 Å². The van der Waals surface area contributed by atoms with E-state index in [0.29, 0.717) is 15.9 Å². The molecule has 3 aromatic rings. The zero-order chi connectivity index (χ0) is 22.8. The zero-order valence-electron chi connectivity index (χ0n) is 16.8. The van der Waals surface area contributed by atoms with Gasteiger partial charge >= 0.3 is 0 Å². The molecule has 0 saturated carbocycles. The van der Waals surface area contributed by atoms with Crippen LogP contribution in [0.25, 0.3) is 10.9 Å². The first-order valence-corrected chi connectivity index (χ1v) is 11.6. The van der Waals surface area contributed by atoms with Crippen molar-refractivity contribution in [1.29, 1.82) is 0 Å². The van der Waals surface area contributed by atoms with Crippen molar-refractivity contribution < 1.29 is 18.0 Å². The van der Waals surface area contributed by atoms with Crippen LogP contribution in [0.15, 0.2) is 53.3 Å². The van der Waals surface area contributed by atoms with E-state index >= 15 is 0 Å². The van der Waals surface area contributed by atoms with E-state index in [1.54, 1.807) is 42.5 Å². The van der Waals surface area contributed by atoms with Crippen LogP contribution in [0.4, 0.5) is 5.69 Å². The number of hydrogen-bond donors (Lipinski definition) is 2. The monoisotopic (exact) mass is 461 g/mol. The Bertz CT molecular complexity index is 1330. The third-order valence-corrected chi connectivity index (χ3v) is 5.55. The fourth-order valence-corrected chi connectivity index (χ4v) is 3.79. The molecule has 8 nitrogen and oxygen atoms in total. The van der Waals surface area contributed by atoms with E-state index in [0.717, 1.165) is 11.8 Å². The fourth-order valence-electron chi connectivity index (χ4n) is 3.12. The molecule has 0 bridgehead atoms. The average molecular weight is 462 g/mol. The Morgan fingerprint density at radius 2 is 1.77 bits per heavy atom. The number of carbonyl (C=O) groups excluding carboxylic acids is 2. The number of carbonyl (C=O) groups is 2. The van der Waals surface area contributed by atoms with Crippen LogP contribution in [0.5, 0.6) is 0 Å². The average Bonchev–Trinajstić information content (AvgIpc) is 2.68. The molecule has 0 aliphatic rings. The lowest BCUT2D eigenvalue weighted by Crippen LogP contribution is -2.32. The smallest absolute Gasteiger partial charge is 0.263 e. The Balaban J connectivity index is 1.90. The number of sulfone groups is 1. The van der Waals surface area contributed by atoms with E-state index in [1.807, 2.05) is 0 Å². The van der Waals surface area contributed by atoms with Crippen LogP contribution in [-0.4, -0.2) is 36.8 Å². The lowest BCUT2D eigenvalue weighted by atomic mass is 10.1. The maximum atomic E-state index is 12.8. The highest BCUT2D eigenvalue weighted by Crippen LogP contribution is 2.22. The van der Waals surface area contributed by atoms with Gasteiger partial charge in [-0.25, -0.2) is 8.42 Å². The molecule has 2 N–H and O–H groups in total. The third-order valence-electron chi connectivity index (χ3n) is 4.52. The van der Waals surface area contributed by atoms with Gasteiger partial charge < -0.3 is 15.2 Å². The number of pyridine rings is 1. The van der Waals surface area contributed by atoms with Crippen molar-refractivity contribution >= 4 is 49.8 Å². The van der Waals surface area contributed by atoms with Gasteiger partial charge in [0.2, 0.25) is 5.91 Å². The van der Waals surface area contributed by atoms with E-state index in [2.05, 4.69) is 10.6 Å². The second-order valence-electron chi connectivity index (χ2n) is 7.09. The lowest BCUT2D eigenvalue weighted by molar-refractivity contribution is -0.113. The fraction of sp³-hybridized carbons (Fsp3) is 0.190. The van der Waals surface area contributed by atoms with E-state index in [1.165, 1.54) is 17.7 Å². The van der Waals surface area contributed by atoms with Crippen molar-refractivity contribution in [3.8, 4) is 0 Å². The molecule has 1 heterocycles. The summed E-state index contributed by atoms with van der Waals surface area (Å²) in [5, 5.41) is 6.35. The minimum Gasteiger partial charge on any atom is -0.348 e. The van der Waals surface area contributed by atoms with Crippen molar-refractivity contribution in [3.63, 3.8) is 0 Å². The predicted molar refractivity (Wildman–Crippen MR) is 120 cm³/mol. The van der Waals surface area contributed by atoms with Crippen LogP contribution in [-0.2, 0) is 28.2 Å². The molecule has 0 radical (unpaired) electrons. The van der Waals surface area contributed by atoms with E-state index in [4.69, 9.17) is 11.6 Å². The normalized spacial score (nSPS) is 11.3. The number of para-hydroxylation sites is 1. The van der Waals surface area contributed by atoms with Crippen LogP contribution in [0.1, 0.15) is 15.9 Å². The molecule has 1 aromatic heterocycles. The van der Waals surface area contributed by atoms with Gasteiger partial charge in [0.15, 0.2) is 9.84 Å². The minimum atomic E-state index is -3.51. The van der Waals surface area contributed by atoms with Crippen molar-refractivity contribution in [2.24, 2.45) is 7.05 Å². The summed E-state index contributed by atoms with van der Waals surface area (Å²) in [6.07, 6.45) is 0.959. The largest absolute Gasteiger partial charge is 0.348 e. The summed E-state index contributed by atoms with van der Waals surface area (Å²) in [4.78, 5) is 37.5. The molecule has 0 atom stereocenters. The summed E-state index contributed by atoms with van der Waals surface area (Å²) in [5.41, 5.74) is 0.878. The molecule has 31 heavy (non-hydrogen) atoms. The highest BCUT2D eigenvalue weighted by Gasteiger charge is 2.18. The molecule has 0 aliphatic heterocycles. The third kappa shape index (κ3) is 5.50. The maximum absolute atomic E-state index is 12.8. The molecule has 0 aliphatic carbocycles. The van der Waals surface area contributed by atoms with Crippen LogP contribution in [0.3, 0.4) is 0 Å². The Hall–Kier alpha value is -3.17. The summed E-state index contributed by atoms with van der Waals surface area (Å²) < 4.78 is 24.0. The van der Waals surface area contributed by atoms with Crippen LogP contribution >= 0.6 is 11.6 Å². The minimum absolute atomic E-state index is 0.0522. The number of amides is 2. The number of nitrogens with one attached hydrogen (secondary N) is 2. The van der Waals surface area contributed by atoms with Gasteiger partial charge in [-0.1, -0.05) is 35.9 Å². The molecular formula is C21H20ClN3O5S. The topological polar surface area (TPSA) is 114 Å². The molecule has 0 unspecified atom stereocenters. The quantitative estimate of drug-likeness (QED) is 0.583. The molecule has 162 valence electrons. The Morgan fingerprint density at radius 3 is 2.42 bits per heavy atom. The van der Waals surface area contributed by atoms with Gasteiger partial charge in [-0.3, -0.25) is 14.4 Å². The first kappa shape index (κ1) is 22.5. The SMILES string of the molecule is Cn1c(=O)c(C(=O)NCc2ccc(Cl)cc2)cc2cccc(NC(=O)CS(C)(=O)=O)c21. The van der Waals surface area contributed by atoms with Crippen molar-refractivity contribution in [3.05, 3.63) is 75.0 Å². The number of halogens is 1. The maximum Gasteiger partial charge on any atom is 0.263 e. The van der Waals surface area contributed by atoms with Gasteiger partial charge in [0.25, 0.3) is 11.5 Å². The summed E-state index contributed by atoms with van der Waals surface area (Å²) in [5.74, 6) is -1.93. The summed E-state index contributed by atoms with van der Waals surface area (Å²) in [6, 6.07) is 13.3. The number of aryl methyl sites for hydroxylation is 1. The van der Waals surface area contributed by atoms with Gasteiger partial charge in [-0.2, -0.15) is 0 Å². The molecule has 2 amide bonds. The van der Waals surface area contributed by atoms with Gasteiger partial charge in [0.05, 0.1) is 11.2 Å². The Morgan fingerprint density at radius 1 is 1.10 bits per heavy atom. The number of aromatic nitrogens is 1. The number of fused-ring (bicyclic) bond motifs is 1. The number of anilines is 1. The number of hydrogen-bond acceptors (Lipinski definition) is 5. The number of benzene rings is 2. The molecule has 0 spiro atoms. The van der Waals surface area contributed by atoms with Gasteiger partial charge in [0.1, 0.15) is 11.3 Å². The lowest BCUT2D eigenvalue weighted by Gasteiger charge is -2.14.